The summed E-state index contributed by atoms with van der Waals surface area (Å²) in [5.74, 6) is -0.0349. The molecule has 0 radical (unpaired) electrons. The van der Waals surface area contributed by atoms with Crippen LogP contribution in [0.4, 0.5) is 5.69 Å². The van der Waals surface area contributed by atoms with Crippen LogP contribution in [-0.2, 0) is 11.2 Å². The SMILES string of the molecule is C[C@@H](N[C@H](C)c1cccs1)C(=O)Nc1ccc(Cc2nc3ccccc3s2)cc1. The van der Waals surface area contributed by atoms with Gasteiger partial charge < -0.3 is 5.32 Å². The van der Waals surface area contributed by atoms with Crippen molar-refractivity contribution in [2.45, 2.75) is 32.4 Å². The van der Waals surface area contributed by atoms with E-state index in [0.717, 1.165) is 22.6 Å². The molecule has 0 bridgehead atoms. The van der Waals surface area contributed by atoms with Crippen molar-refractivity contribution in [3.05, 3.63) is 81.5 Å². The van der Waals surface area contributed by atoms with E-state index in [4.69, 9.17) is 4.98 Å². The third-order valence-corrected chi connectivity index (χ3v) is 6.87. The lowest BCUT2D eigenvalue weighted by Gasteiger charge is -2.19. The van der Waals surface area contributed by atoms with E-state index >= 15 is 0 Å². The second kappa shape index (κ2) is 8.86. The topological polar surface area (TPSA) is 54.0 Å². The maximum Gasteiger partial charge on any atom is 0.241 e. The summed E-state index contributed by atoms with van der Waals surface area (Å²) in [6.07, 6.45) is 0.795. The first-order valence-electron chi connectivity index (χ1n) is 9.62. The summed E-state index contributed by atoms with van der Waals surface area (Å²) >= 11 is 3.42. The molecule has 29 heavy (non-hydrogen) atoms. The van der Waals surface area contributed by atoms with Crippen LogP contribution in [0.5, 0.6) is 0 Å². The van der Waals surface area contributed by atoms with Crippen LogP contribution >= 0.6 is 22.7 Å². The van der Waals surface area contributed by atoms with Gasteiger partial charge in [0.25, 0.3) is 0 Å². The van der Waals surface area contributed by atoms with Gasteiger partial charge in [-0.15, -0.1) is 22.7 Å². The number of anilines is 1. The number of nitrogens with one attached hydrogen (secondary N) is 2. The third-order valence-electron chi connectivity index (χ3n) is 4.78. The van der Waals surface area contributed by atoms with Crippen LogP contribution in [0.25, 0.3) is 10.2 Å². The van der Waals surface area contributed by atoms with E-state index in [9.17, 15) is 4.79 Å². The molecule has 0 aliphatic rings. The van der Waals surface area contributed by atoms with Gasteiger partial charge >= 0.3 is 0 Å². The van der Waals surface area contributed by atoms with E-state index in [1.165, 1.54) is 15.1 Å². The standard InChI is InChI=1S/C23H23N3OS2/c1-15(20-8-5-13-28-20)24-16(2)23(27)25-18-11-9-17(10-12-18)14-22-26-19-6-3-4-7-21(19)29-22/h3-13,15-16,24H,14H2,1-2H3,(H,25,27)/t15-,16-/m1/s1. The van der Waals surface area contributed by atoms with Crippen LogP contribution in [0.15, 0.2) is 66.0 Å². The molecule has 0 saturated heterocycles. The second-order valence-electron chi connectivity index (χ2n) is 7.06. The van der Waals surface area contributed by atoms with E-state index in [2.05, 4.69) is 29.7 Å². The minimum Gasteiger partial charge on any atom is -0.325 e. The normalized spacial score (nSPS) is 13.3. The smallest absolute Gasteiger partial charge is 0.241 e. The van der Waals surface area contributed by atoms with Gasteiger partial charge in [-0.2, -0.15) is 0 Å². The quantitative estimate of drug-likeness (QED) is 0.407. The van der Waals surface area contributed by atoms with Gasteiger partial charge in [0.05, 0.1) is 21.3 Å². The van der Waals surface area contributed by atoms with E-state index in [1.54, 1.807) is 22.7 Å². The number of nitrogens with zero attached hydrogens (tertiary/aromatic N) is 1. The molecule has 148 valence electrons. The van der Waals surface area contributed by atoms with Crippen molar-refractivity contribution in [3.63, 3.8) is 0 Å². The van der Waals surface area contributed by atoms with Gasteiger partial charge in [0.1, 0.15) is 0 Å². The number of benzene rings is 2. The monoisotopic (exact) mass is 421 g/mol. The molecule has 1 amide bonds. The molecule has 0 fully saturated rings. The molecule has 2 atom stereocenters. The number of thiazole rings is 1. The summed E-state index contributed by atoms with van der Waals surface area (Å²) in [5.41, 5.74) is 3.04. The largest absolute Gasteiger partial charge is 0.325 e. The molecule has 0 unspecified atom stereocenters. The van der Waals surface area contributed by atoms with E-state index in [-0.39, 0.29) is 18.0 Å². The van der Waals surface area contributed by atoms with Crippen LogP contribution in [-0.4, -0.2) is 16.9 Å². The molecule has 2 N–H and O–H groups in total. The van der Waals surface area contributed by atoms with Gasteiger partial charge in [-0.3, -0.25) is 10.1 Å². The van der Waals surface area contributed by atoms with Crippen LogP contribution in [0, 0.1) is 0 Å². The average Bonchev–Trinajstić information content (AvgIpc) is 3.39. The molecule has 2 aromatic heterocycles. The molecule has 4 rings (SSSR count). The zero-order valence-electron chi connectivity index (χ0n) is 16.4. The molecule has 4 nitrogen and oxygen atoms in total. The summed E-state index contributed by atoms with van der Waals surface area (Å²) in [5, 5.41) is 9.49. The third kappa shape index (κ3) is 4.90. The maximum absolute atomic E-state index is 12.5. The van der Waals surface area contributed by atoms with Crippen LogP contribution < -0.4 is 10.6 Å². The zero-order valence-corrected chi connectivity index (χ0v) is 18.0. The second-order valence-corrected chi connectivity index (χ2v) is 9.16. The van der Waals surface area contributed by atoms with E-state index < -0.39 is 0 Å². The van der Waals surface area contributed by atoms with Gasteiger partial charge in [-0.1, -0.05) is 30.3 Å². The Morgan fingerprint density at radius 2 is 1.83 bits per heavy atom. The van der Waals surface area contributed by atoms with Crippen molar-refractivity contribution in [1.82, 2.24) is 10.3 Å². The Labute approximate surface area is 178 Å². The Hall–Kier alpha value is -2.54. The van der Waals surface area contributed by atoms with Crippen molar-refractivity contribution in [2.75, 3.05) is 5.32 Å². The highest BCUT2D eigenvalue weighted by Gasteiger charge is 2.17. The number of para-hydroxylation sites is 1. The number of hydrogen-bond acceptors (Lipinski definition) is 5. The Bertz CT molecular complexity index is 1050. The highest BCUT2D eigenvalue weighted by molar-refractivity contribution is 7.18. The number of carbonyl (C=O) groups is 1. The number of amides is 1. The number of thiophene rings is 1. The fraction of sp³-hybridized carbons (Fsp3) is 0.217. The molecule has 6 heteroatoms. The molecule has 0 aliphatic carbocycles. The first-order chi connectivity index (χ1) is 14.1. The van der Waals surface area contributed by atoms with Gasteiger partial charge in [0.2, 0.25) is 5.91 Å². The zero-order chi connectivity index (χ0) is 20.2. The van der Waals surface area contributed by atoms with Gasteiger partial charge in [0, 0.05) is 23.0 Å². The van der Waals surface area contributed by atoms with Crippen molar-refractivity contribution < 1.29 is 4.79 Å². The number of carbonyl (C=O) groups excluding carboxylic acids is 1. The lowest BCUT2D eigenvalue weighted by atomic mass is 10.1. The Kier molecular flexibility index (Phi) is 6.04. The first-order valence-corrected chi connectivity index (χ1v) is 11.3. The summed E-state index contributed by atoms with van der Waals surface area (Å²) in [6, 6.07) is 20.2. The van der Waals surface area contributed by atoms with Crippen LogP contribution in [0.3, 0.4) is 0 Å². The molecule has 0 saturated carbocycles. The predicted octanol–water partition coefficient (Wildman–Crippen LogP) is 5.63. The molecule has 2 aromatic carbocycles. The Balaban J connectivity index is 1.34. The van der Waals surface area contributed by atoms with Gasteiger partial charge in [0.15, 0.2) is 0 Å². The summed E-state index contributed by atoms with van der Waals surface area (Å²) in [7, 11) is 0. The predicted molar refractivity (Wildman–Crippen MR) is 123 cm³/mol. The Morgan fingerprint density at radius 1 is 1.03 bits per heavy atom. The number of aromatic nitrogens is 1. The minimum atomic E-state index is -0.283. The molecular formula is C23H23N3OS2. The summed E-state index contributed by atoms with van der Waals surface area (Å²) < 4.78 is 1.21. The summed E-state index contributed by atoms with van der Waals surface area (Å²) in [4.78, 5) is 18.4. The lowest BCUT2D eigenvalue weighted by molar-refractivity contribution is -0.117. The van der Waals surface area contributed by atoms with Crippen molar-refractivity contribution in [1.29, 1.82) is 0 Å². The molecule has 0 aliphatic heterocycles. The lowest BCUT2D eigenvalue weighted by Crippen LogP contribution is -2.39. The first kappa shape index (κ1) is 19.8. The maximum atomic E-state index is 12.5. The minimum absolute atomic E-state index is 0.0349. The molecule has 0 spiro atoms. The number of hydrogen-bond donors (Lipinski definition) is 2. The van der Waals surface area contributed by atoms with Crippen LogP contribution in [0.1, 0.15) is 35.3 Å². The molecular weight excluding hydrogens is 398 g/mol. The fourth-order valence-corrected chi connectivity index (χ4v) is 4.94. The fourth-order valence-electron chi connectivity index (χ4n) is 3.20. The van der Waals surface area contributed by atoms with Crippen molar-refractivity contribution in [3.8, 4) is 0 Å². The Morgan fingerprint density at radius 3 is 2.55 bits per heavy atom. The van der Waals surface area contributed by atoms with Gasteiger partial charge in [-0.05, 0) is 55.1 Å². The average molecular weight is 422 g/mol. The van der Waals surface area contributed by atoms with Crippen molar-refractivity contribution in [2.24, 2.45) is 0 Å². The number of rotatable bonds is 7. The number of fused-ring (bicyclic) bond motifs is 1. The molecule has 2 heterocycles. The van der Waals surface area contributed by atoms with Gasteiger partial charge in [-0.25, -0.2) is 4.98 Å². The highest BCUT2D eigenvalue weighted by Crippen LogP contribution is 2.24. The van der Waals surface area contributed by atoms with E-state index in [1.807, 2.05) is 60.8 Å². The van der Waals surface area contributed by atoms with Crippen molar-refractivity contribution >= 4 is 44.5 Å². The van der Waals surface area contributed by atoms with E-state index in [0.29, 0.717) is 0 Å². The molecule has 4 aromatic rings. The summed E-state index contributed by atoms with van der Waals surface area (Å²) in [6.45, 7) is 3.97. The van der Waals surface area contributed by atoms with Crippen LogP contribution in [0.2, 0.25) is 0 Å². The highest BCUT2D eigenvalue weighted by atomic mass is 32.1.